The summed E-state index contributed by atoms with van der Waals surface area (Å²) >= 11 is 0. The van der Waals surface area contributed by atoms with E-state index in [0.29, 0.717) is 12.1 Å². The molecular weight excluding hydrogens is 304 g/mol. The minimum atomic E-state index is -0.142. The van der Waals surface area contributed by atoms with Crippen LogP contribution in [0.3, 0.4) is 0 Å². The molecule has 0 fully saturated rings. The van der Waals surface area contributed by atoms with Gasteiger partial charge in [0.25, 0.3) is 5.91 Å². The van der Waals surface area contributed by atoms with E-state index in [9.17, 15) is 4.79 Å². The molecule has 0 bridgehead atoms. The molecular formula is C18H28N4O2. The predicted molar refractivity (Wildman–Crippen MR) is 93.9 cm³/mol. The highest BCUT2D eigenvalue weighted by molar-refractivity contribution is 5.93. The van der Waals surface area contributed by atoms with Crippen molar-refractivity contribution in [2.24, 2.45) is 0 Å². The van der Waals surface area contributed by atoms with Crippen LogP contribution in [0.25, 0.3) is 0 Å². The summed E-state index contributed by atoms with van der Waals surface area (Å²) in [7, 11) is 0. The maximum absolute atomic E-state index is 12.4. The van der Waals surface area contributed by atoms with E-state index in [0.717, 1.165) is 18.8 Å². The first-order chi connectivity index (χ1) is 11.4. The van der Waals surface area contributed by atoms with Gasteiger partial charge in [-0.25, -0.2) is 0 Å². The lowest BCUT2D eigenvalue weighted by Crippen LogP contribution is -2.37. The standard InChI is InChI=1S/C18H28N4O2/c1-6-21(7-2)15(16-9-8-10-24-16)12-19-17(23)14-11-20-22(13-14)18(3,4)5/h8-11,13,15H,6-7,12H2,1-5H3,(H,19,23)/t15-/m1/s1. The molecule has 1 N–H and O–H groups in total. The van der Waals surface area contributed by atoms with Crippen molar-refractivity contribution in [3.05, 3.63) is 42.1 Å². The third-order valence-corrected chi connectivity index (χ3v) is 4.11. The molecule has 24 heavy (non-hydrogen) atoms. The van der Waals surface area contributed by atoms with Gasteiger partial charge in [0, 0.05) is 12.7 Å². The summed E-state index contributed by atoms with van der Waals surface area (Å²) in [6.07, 6.45) is 5.07. The van der Waals surface area contributed by atoms with Crippen molar-refractivity contribution in [2.75, 3.05) is 19.6 Å². The molecule has 2 heterocycles. The van der Waals surface area contributed by atoms with Crippen LogP contribution in [0.2, 0.25) is 0 Å². The number of carbonyl (C=O) groups is 1. The number of furan rings is 1. The van der Waals surface area contributed by atoms with E-state index >= 15 is 0 Å². The van der Waals surface area contributed by atoms with E-state index in [4.69, 9.17) is 4.42 Å². The second kappa shape index (κ2) is 7.66. The van der Waals surface area contributed by atoms with Crippen molar-refractivity contribution in [3.8, 4) is 0 Å². The number of hydrogen-bond acceptors (Lipinski definition) is 4. The Bertz CT molecular complexity index is 636. The summed E-state index contributed by atoms with van der Waals surface area (Å²) in [6.45, 7) is 12.6. The number of aromatic nitrogens is 2. The van der Waals surface area contributed by atoms with Crippen LogP contribution < -0.4 is 5.32 Å². The van der Waals surface area contributed by atoms with E-state index in [1.165, 1.54) is 0 Å². The lowest BCUT2D eigenvalue weighted by atomic mass is 10.1. The van der Waals surface area contributed by atoms with Crippen molar-refractivity contribution >= 4 is 5.91 Å². The Hall–Kier alpha value is -2.08. The fourth-order valence-corrected chi connectivity index (χ4v) is 2.65. The zero-order valence-electron chi connectivity index (χ0n) is 15.2. The van der Waals surface area contributed by atoms with Crippen molar-refractivity contribution in [2.45, 2.75) is 46.2 Å². The molecule has 0 aliphatic rings. The van der Waals surface area contributed by atoms with Crippen LogP contribution in [0.15, 0.2) is 35.2 Å². The fraction of sp³-hybridized carbons (Fsp3) is 0.556. The monoisotopic (exact) mass is 332 g/mol. The number of nitrogens with one attached hydrogen (secondary N) is 1. The number of likely N-dealkylation sites (N-methyl/N-ethyl adjacent to an activating group) is 1. The van der Waals surface area contributed by atoms with Crippen LogP contribution in [0.1, 0.15) is 56.8 Å². The first-order valence-electron chi connectivity index (χ1n) is 8.47. The first kappa shape index (κ1) is 18.3. The van der Waals surface area contributed by atoms with Crippen LogP contribution in [-0.2, 0) is 5.54 Å². The van der Waals surface area contributed by atoms with Crippen molar-refractivity contribution < 1.29 is 9.21 Å². The van der Waals surface area contributed by atoms with Gasteiger partial charge in [-0.3, -0.25) is 14.4 Å². The molecule has 0 aliphatic heterocycles. The highest BCUT2D eigenvalue weighted by atomic mass is 16.3. The van der Waals surface area contributed by atoms with Gasteiger partial charge in [-0.2, -0.15) is 5.10 Å². The van der Waals surface area contributed by atoms with Gasteiger partial charge in [0.05, 0.1) is 29.6 Å². The molecule has 132 valence electrons. The molecule has 0 saturated heterocycles. The topological polar surface area (TPSA) is 63.3 Å². The normalized spacial score (nSPS) is 13.2. The number of nitrogens with zero attached hydrogens (tertiary/aromatic N) is 3. The lowest BCUT2D eigenvalue weighted by Gasteiger charge is -2.28. The number of rotatable bonds is 7. The van der Waals surface area contributed by atoms with Crippen LogP contribution >= 0.6 is 0 Å². The van der Waals surface area contributed by atoms with Crippen molar-refractivity contribution in [1.82, 2.24) is 20.0 Å². The van der Waals surface area contributed by atoms with Gasteiger partial charge in [0.1, 0.15) is 5.76 Å². The molecule has 0 aromatic carbocycles. The maximum atomic E-state index is 12.4. The average molecular weight is 332 g/mol. The first-order valence-corrected chi connectivity index (χ1v) is 8.47. The van der Waals surface area contributed by atoms with Crippen LogP contribution in [0, 0.1) is 0 Å². The summed E-state index contributed by atoms with van der Waals surface area (Å²) < 4.78 is 7.36. The Balaban J connectivity index is 2.06. The Morgan fingerprint density at radius 1 is 1.38 bits per heavy atom. The summed E-state index contributed by atoms with van der Waals surface area (Å²) in [4.78, 5) is 14.7. The quantitative estimate of drug-likeness (QED) is 0.846. The Morgan fingerprint density at radius 3 is 2.58 bits per heavy atom. The minimum absolute atomic E-state index is 0.0246. The van der Waals surface area contributed by atoms with Gasteiger partial charge in [-0.15, -0.1) is 0 Å². The second-order valence-electron chi connectivity index (χ2n) is 6.81. The summed E-state index contributed by atoms with van der Waals surface area (Å²) in [6, 6.07) is 3.85. The fourth-order valence-electron chi connectivity index (χ4n) is 2.65. The van der Waals surface area contributed by atoms with Gasteiger partial charge in [-0.1, -0.05) is 13.8 Å². The summed E-state index contributed by atoms with van der Waals surface area (Å²) in [5.41, 5.74) is 0.430. The number of amides is 1. The van der Waals surface area contributed by atoms with Crippen LogP contribution in [-0.4, -0.2) is 40.2 Å². The molecule has 6 nitrogen and oxygen atoms in total. The SMILES string of the molecule is CCN(CC)[C@H](CNC(=O)c1cnn(C(C)(C)C)c1)c1ccco1. The molecule has 1 amide bonds. The molecule has 1 atom stereocenters. The average Bonchev–Trinajstić information content (AvgIpc) is 3.21. The highest BCUT2D eigenvalue weighted by Gasteiger charge is 2.22. The van der Waals surface area contributed by atoms with Crippen LogP contribution in [0.4, 0.5) is 0 Å². The van der Waals surface area contributed by atoms with E-state index in [1.54, 1.807) is 23.3 Å². The van der Waals surface area contributed by atoms with E-state index in [1.807, 2.05) is 12.1 Å². The largest absolute Gasteiger partial charge is 0.468 e. The molecule has 2 aromatic heterocycles. The van der Waals surface area contributed by atoms with E-state index in [-0.39, 0.29) is 17.5 Å². The molecule has 0 unspecified atom stereocenters. The predicted octanol–water partition coefficient (Wildman–Crippen LogP) is 3.04. The van der Waals surface area contributed by atoms with E-state index in [2.05, 4.69) is 49.9 Å². The molecule has 0 radical (unpaired) electrons. The third kappa shape index (κ3) is 4.26. The Labute approximate surface area is 143 Å². The molecule has 0 spiro atoms. The number of hydrogen-bond donors (Lipinski definition) is 1. The summed E-state index contributed by atoms with van der Waals surface area (Å²) in [5, 5.41) is 7.29. The smallest absolute Gasteiger partial charge is 0.254 e. The lowest BCUT2D eigenvalue weighted by molar-refractivity contribution is 0.0929. The van der Waals surface area contributed by atoms with Gasteiger partial charge in [0.15, 0.2) is 0 Å². The van der Waals surface area contributed by atoms with Gasteiger partial charge in [0.2, 0.25) is 0 Å². The van der Waals surface area contributed by atoms with Crippen LogP contribution in [0.5, 0.6) is 0 Å². The second-order valence-corrected chi connectivity index (χ2v) is 6.81. The van der Waals surface area contributed by atoms with Gasteiger partial charge < -0.3 is 9.73 Å². The van der Waals surface area contributed by atoms with Crippen molar-refractivity contribution in [1.29, 1.82) is 0 Å². The zero-order chi connectivity index (χ0) is 17.7. The maximum Gasteiger partial charge on any atom is 0.254 e. The summed E-state index contributed by atoms with van der Waals surface area (Å²) in [5.74, 6) is 0.749. The van der Waals surface area contributed by atoms with E-state index < -0.39 is 0 Å². The number of carbonyl (C=O) groups excluding carboxylic acids is 1. The molecule has 0 aliphatic carbocycles. The molecule has 0 saturated carbocycles. The van der Waals surface area contributed by atoms with Crippen molar-refractivity contribution in [3.63, 3.8) is 0 Å². The third-order valence-electron chi connectivity index (χ3n) is 4.11. The molecule has 6 heteroatoms. The van der Waals surface area contributed by atoms with Gasteiger partial charge in [-0.05, 0) is 46.0 Å². The molecule has 2 rings (SSSR count). The highest BCUT2D eigenvalue weighted by Crippen LogP contribution is 2.20. The van der Waals surface area contributed by atoms with Gasteiger partial charge >= 0.3 is 0 Å². The Kier molecular flexibility index (Phi) is 5.83. The molecule has 2 aromatic rings. The zero-order valence-corrected chi connectivity index (χ0v) is 15.2. The minimum Gasteiger partial charge on any atom is -0.468 e. The Morgan fingerprint density at radius 2 is 2.08 bits per heavy atom.